The van der Waals surface area contributed by atoms with E-state index in [1.807, 2.05) is 6.07 Å². The second kappa shape index (κ2) is 9.75. The molecule has 152 valence electrons. The number of rotatable bonds is 6. The number of hydrogen-bond acceptors (Lipinski definition) is 5. The minimum absolute atomic E-state index is 0.160. The van der Waals surface area contributed by atoms with Gasteiger partial charge in [-0.2, -0.15) is 0 Å². The molecule has 1 saturated heterocycles. The highest BCUT2D eigenvalue weighted by Gasteiger charge is 2.23. The molecule has 0 spiro atoms. The predicted molar refractivity (Wildman–Crippen MR) is 109 cm³/mol. The first-order valence-corrected chi connectivity index (χ1v) is 9.30. The van der Waals surface area contributed by atoms with Gasteiger partial charge in [-0.25, -0.2) is 0 Å². The van der Waals surface area contributed by atoms with Crippen molar-refractivity contribution < 1.29 is 23.8 Å². The fourth-order valence-corrected chi connectivity index (χ4v) is 3.05. The summed E-state index contributed by atoms with van der Waals surface area (Å²) in [6.07, 6.45) is 1.61. The Morgan fingerprint density at radius 3 is 2.38 bits per heavy atom. The van der Waals surface area contributed by atoms with Crippen LogP contribution in [0.3, 0.4) is 0 Å². The van der Waals surface area contributed by atoms with E-state index >= 15 is 0 Å². The van der Waals surface area contributed by atoms with Crippen LogP contribution in [0.2, 0.25) is 0 Å². The first-order valence-electron chi connectivity index (χ1n) is 9.30. The zero-order valence-corrected chi connectivity index (χ0v) is 16.5. The van der Waals surface area contributed by atoms with Crippen LogP contribution in [0.15, 0.2) is 54.2 Å². The Morgan fingerprint density at radius 2 is 1.72 bits per heavy atom. The van der Waals surface area contributed by atoms with Crippen molar-refractivity contribution in [1.29, 1.82) is 0 Å². The highest BCUT2D eigenvalue weighted by atomic mass is 16.5. The predicted octanol–water partition coefficient (Wildman–Crippen LogP) is 2.33. The lowest BCUT2D eigenvalue weighted by molar-refractivity contribution is -0.131. The van der Waals surface area contributed by atoms with Gasteiger partial charge in [-0.05, 0) is 24.3 Å². The zero-order chi connectivity index (χ0) is 20.6. The molecule has 1 heterocycles. The number of nitrogens with one attached hydrogen (secondary N) is 1. The highest BCUT2D eigenvalue weighted by molar-refractivity contribution is 6.05. The maximum absolute atomic E-state index is 13.1. The molecule has 0 atom stereocenters. The third-order valence-electron chi connectivity index (χ3n) is 4.55. The molecule has 29 heavy (non-hydrogen) atoms. The molecule has 2 aromatic carbocycles. The Kier molecular flexibility index (Phi) is 6.86. The fourth-order valence-electron chi connectivity index (χ4n) is 3.05. The number of methoxy groups -OCH3 is 2. The number of carbonyl (C=O) groups is 2. The standard InChI is InChI=1S/C22H24N2O5/c1-27-19-10-6-9-17(20(19)28-2)15-18(22(26)24-11-13-29-14-12-24)23-21(25)16-7-4-3-5-8-16/h3-10,15H,11-14H2,1-2H3,(H,23,25)/b18-15-. The molecule has 1 aliphatic heterocycles. The number of ether oxygens (including phenoxy) is 3. The average molecular weight is 396 g/mol. The van der Waals surface area contributed by atoms with Crippen LogP contribution in [0.4, 0.5) is 0 Å². The largest absolute Gasteiger partial charge is 0.493 e. The minimum atomic E-state index is -0.361. The van der Waals surface area contributed by atoms with E-state index in [0.29, 0.717) is 48.9 Å². The Labute approximate surface area is 169 Å². The molecule has 0 bridgehead atoms. The lowest BCUT2D eigenvalue weighted by atomic mass is 10.1. The molecule has 0 radical (unpaired) electrons. The van der Waals surface area contributed by atoms with Gasteiger partial charge < -0.3 is 24.4 Å². The van der Waals surface area contributed by atoms with Crippen LogP contribution >= 0.6 is 0 Å². The molecule has 2 amide bonds. The van der Waals surface area contributed by atoms with Crippen molar-refractivity contribution in [2.75, 3.05) is 40.5 Å². The summed E-state index contributed by atoms with van der Waals surface area (Å²) in [4.78, 5) is 27.5. The smallest absolute Gasteiger partial charge is 0.270 e. The molecule has 1 aliphatic rings. The van der Waals surface area contributed by atoms with Crippen molar-refractivity contribution in [3.05, 3.63) is 65.4 Å². The third kappa shape index (κ3) is 4.94. The summed E-state index contributed by atoms with van der Waals surface area (Å²) in [7, 11) is 3.07. The maximum Gasteiger partial charge on any atom is 0.270 e. The van der Waals surface area contributed by atoms with Gasteiger partial charge in [0.15, 0.2) is 11.5 Å². The third-order valence-corrected chi connectivity index (χ3v) is 4.55. The molecular weight excluding hydrogens is 372 g/mol. The Balaban J connectivity index is 1.97. The van der Waals surface area contributed by atoms with Crippen LogP contribution in [0.1, 0.15) is 15.9 Å². The molecule has 1 N–H and O–H groups in total. The minimum Gasteiger partial charge on any atom is -0.493 e. The van der Waals surface area contributed by atoms with E-state index in [-0.39, 0.29) is 17.5 Å². The SMILES string of the molecule is COc1cccc(/C=C(\NC(=O)c2ccccc2)C(=O)N2CCOCC2)c1OC. The van der Waals surface area contributed by atoms with Crippen LogP contribution in [-0.4, -0.2) is 57.2 Å². The molecule has 1 fully saturated rings. The number of nitrogens with zero attached hydrogens (tertiary/aromatic N) is 1. The first kappa shape index (κ1) is 20.4. The maximum atomic E-state index is 13.1. The number of amides is 2. The molecule has 2 aromatic rings. The van der Waals surface area contributed by atoms with E-state index in [1.165, 1.54) is 7.11 Å². The van der Waals surface area contributed by atoms with Gasteiger partial charge >= 0.3 is 0 Å². The molecule has 0 saturated carbocycles. The van der Waals surface area contributed by atoms with Crippen LogP contribution in [0.25, 0.3) is 6.08 Å². The lowest BCUT2D eigenvalue weighted by Gasteiger charge is -2.28. The average Bonchev–Trinajstić information content (AvgIpc) is 2.79. The van der Waals surface area contributed by atoms with Crippen molar-refractivity contribution in [2.24, 2.45) is 0 Å². The van der Waals surface area contributed by atoms with Gasteiger partial charge in [-0.1, -0.05) is 30.3 Å². The van der Waals surface area contributed by atoms with E-state index in [1.54, 1.807) is 60.6 Å². The van der Waals surface area contributed by atoms with Crippen molar-refractivity contribution in [1.82, 2.24) is 10.2 Å². The molecular formula is C22H24N2O5. The van der Waals surface area contributed by atoms with E-state index in [2.05, 4.69) is 5.32 Å². The van der Waals surface area contributed by atoms with Gasteiger partial charge in [0.25, 0.3) is 11.8 Å². The topological polar surface area (TPSA) is 77.1 Å². The van der Waals surface area contributed by atoms with E-state index in [4.69, 9.17) is 14.2 Å². The Bertz CT molecular complexity index is 889. The molecule has 0 aromatic heterocycles. The van der Waals surface area contributed by atoms with Crippen molar-refractivity contribution >= 4 is 17.9 Å². The summed E-state index contributed by atoms with van der Waals surface area (Å²) in [6.45, 7) is 1.86. The van der Waals surface area contributed by atoms with Crippen molar-refractivity contribution in [2.45, 2.75) is 0 Å². The number of morpholine rings is 1. The van der Waals surface area contributed by atoms with Gasteiger partial charge in [0, 0.05) is 24.2 Å². The normalized spacial score (nSPS) is 14.3. The van der Waals surface area contributed by atoms with Crippen LogP contribution in [0.5, 0.6) is 11.5 Å². The van der Waals surface area contributed by atoms with Crippen molar-refractivity contribution in [3.8, 4) is 11.5 Å². The highest BCUT2D eigenvalue weighted by Crippen LogP contribution is 2.32. The number of benzene rings is 2. The van der Waals surface area contributed by atoms with Crippen LogP contribution < -0.4 is 14.8 Å². The Hall–Kier alpha value is -3.32. The number of hydrogen-bond donors (Lipinski definition) is 1. The zero-order valence-electron chi connectivity index (χ0n) is 16.5. The summed E-state index contributed by atoms with van der Waals surface area (Å²) in [6, 6.07) is 14.1. The summed E-state index contributed by atoms with van der Waals surface area (Å²) < 4.78 is 16.1. The summed E-state index contributed by atoms with van der Waals surface area (Å²) in [5.41, 5.74) is 1.25. The fraction of sp³-hybridized carbons (Fsp3) is 0.273. The van der Waals surface area contributed by atoms with Crippen molar-refractivity contribution in [3.63, 3.8) is 0 Å². The Morgan fingerprint density at radius 1 is 1.00 bits per heavy atom. The quantitative estimate of drug-likeness (QED) is 0.759. The molecule has 7 nitrogen and oxygen atoms in total. The monoisotopic (exact) mass is 396 g/mol. The summed E-state index contributed by atoms with van der Waals surface area (Å²) >= 11 is 0. The van der Waals surface area contributed by atoms with Gasteiger partial charge in [0.2, 0.25) is 0 Å². The molecule has 7 heteroatoms. The van der Waals surface area contributed by atoms with Crippen LogP contribution in [0, 0.1) is 0 Å². The summed E-state index contributed by atoms with van der Waals surface area (Å²) in [5, 5.41) is 2.76. The second-order valence-electron chi connectivity index (χ2n) is 6.37. The van der Waals surface area contributed by atoms with Gasteiger partial charge in [-0.15, -0.1) is 0 Å². The molecule has 3 rings (SSSR count). The summed E-state index contributed by atoms with van der Waals surface area (Å²) in [5.74, 6) is 0.382. The van der Waals surface area contributed by atoms with E-state index < -0.39 is 0 Å². The number of carbonyl (C=O) groups excluding carboxylic acids is 2. The number of para-hydroxylation sites is 1. The van der Waals surface area contributed by atoms with E-state index in [9.17, 15) is 9.59 Å². The van der Waals surface area contributed by atoms with E-state index in [0.717, 1.165) is 0 Å². The van der Waals surface area contributed by atoms with Gasteiger partial charge in [0.1, 0.15) is 5.70 Å². The first-order chi connectivity index (χ1) is 14.1. The molecule has 0 aliphatic carbocycles. The second-order valence-corrected chi connectivity index (χ2v) is 6.37. The van der Waals surface area contributed by atoms with Crippen LogP contribution in [-0.2, 0) is 9.53 Å². The van der Waals surface area contributed by atoms with Gasteiger partial charge in [0.05, 0.1) is 27.4 Å². The molecule has 0 unspecified atom stereocenters. The van der Waals surface area contributed by atoms with Gasteiger partial charge in [-0.3, -0.25) is 9.59 Å². The lowest BCUT2D eigenvalue weighted by Crippen LogP contribution is -2.44.